The van der Waals surface area contributed by atoms with Crippen LogP contribution in [0.2, 0.25) is 0 Å². The largest absolute Gasteiger partial charge is 0.497 e. The van der Waals surface area contributed by atoms with Crippen molar-refractivity contribution in [3.05, 3.63) is 54.1 Å². The molecule has 4 heterocycles. The van der Waals surface area contributed by atoms with Gasteiger partial charge in [-0.25, -0.2) is 0 Å². The number of methoxy groups -OCH3 is 1. The van der Waals surface area contributed by atoms with Gasteiger partial charge < -0.3 is 20.3 Å². The maximum atomic E-state index is 12.9. The zero-order valence-electron chi connectivity index (χ0n) is 18.8. The van der Waals surface area contributed by atoms with E-state index < -0.39 is 5.91 Å². The summed E-state index contributed by atoms with van der Waals surface area (Å²) in [5.41, 5.74) is 2.52. The van der Waals surface area contributed by atoms with Gasteiger partial charge in [0, 0.05) is 51.3 Å². The molecule has 0 aliphatic carbocycles. The number of aromatic amines is 1. The van der Waals surface area contributed by atoms with Gasteiger partial charge in [0.25, 0.3) is 11.9 Å². The Hall–Kier alpha value is -3.99. The Bertz CT molecular complexity index is 1190. The number of benzene rings is 1. The molecule has 1 aromatic carbocycles. The zero-order valence-corrected chi connectivity index (χ0v) is 18.8. The number of pyridine rings is 1. The van der Waals surface area contributed by atoms with Crippen LogP contribution in [0.4, 0.5) is 17.3 Å². The van der Waals surface area contributed by atoms with Crippen LogP contribution in [0.15, 0.2) is 42.7 Å². The van der Waals surface area contributed by atoms with E-state index in [1.54, 1.807) is 19.5 Å². The zero-order chi connectivity index (χ0) is 23.5. The van der Waals surface area contributed by atoms with Crippen molar-refractivity contribution in [3.63, 3.8) is 0 Å². The van der Waals surface area contributed by atoms with E-state index in [2.05, 4.69) is 35.7 Å². The topological polar surface area (TPSA) is 128 Å². The summed E-state index contributed by atoms with van der Waals surface area (Å²) in [6.45, 7) is 3.86. The van der Waals surface area contributed by atoms with Gasteiger partial charge in [-0.3, -0.25) is 24.6 Å². The number of H-pyrrole nitrogens is 1. The maximum Gasteiger partial charge on any atom is 0.293 e. The monoisotopic (exact) mass is 462 g/mol. The average molecular weight is 463 g/mol. The van der Waals surface area contributed by atoms with Crippen LogP contribution >= 0.6 is 0 Å². The summed E-state index contributed by atoms with van der Waals surface area (Å²) >= 11 is 0. The minimum absolute atomic E-state index is 0.00430. The number of aromatic nitrogens is 4. The van der Waals surface area contributed by atoms with Gasteiger partial charge >= 0.3 is 0 Å². The Morgan fingerprint density at radius 1 is 1.24 bits per heavy atom. The first-order chi connectivity index (χ1) is 16.6. The second-order valence-corrected chi connectivity index (χ2v) is 8.25. The fourth-order valence-electron chi connectivity index (χ4n) is 4.34. The Morgan fingerprint density at radius 3 is 2.91 bits per heavy atom. The number of hydrogen-bond donors (Lipinski definition) is 3. The van der Waals surface area contributed by atoms with Crippen LogP contribution < -0.4 is 25.2 Å². The highest BCUT2D eigenvalue weighted by molar-refractivity contribution is 6.04. The molecule has 11 heteroatoms. The number of anilines is 3. The Kier molecular flexibility index (Phi) is 6.09. The quantitative estimate of drug-likeness (QED) is 0.501. The summed E-state index contributed by atoms with van der Waals surface area (Å²) in [6.07, 6.45) is 3.67. The molecule has 1 unspecified atom stereocenters. The van der Waals surface area contributed by atoms with Crippen molar-refractivity contribution in [2.45, 2.75) is 12.3 Å². The molecule has 0 bridgehead atoms. The van der Waals surface area contributed by atoms with E-state index in [4.69, 9.17) is 4.74 Å². The lowest BCUT2D eigenvalue weighted by Crippen LogP contribution is -2.43. The number of amides is 2. The SMILES string of the molecule is COc1cccc(C2CC(=O)N(c3n[nH]c(C(=O)Nc4cnccc4N4CCNCC4)n3)C2)c1. The standard InChI is InChI=1S/C23H26N8O3/c1-34-17-4-2-3-15(11-17)16-12-20(32)31(14-16)23-27-21(28-29-23)22(33)26-18-13-25-6-5-19(18)30-9-7-24-8-10-30/h2-6,11,13,16,24H,7-10,12,14H2,1H3,(H,26,33)(H,27,28,29). The molecule has 2 amide bonds. The van der Waals surface area contributed by atoms with Gasteiger partial charge in [-0.1, -0.05) is 12.1 Å². The molecule has 3 aromatic rings. The average Bonchev–Trinajstić information content (AvgIpc) is 3.52. The molecule has 176 valence electrons. The lowest BCUT2D eigenvalue weighted by molar-refractivity contribution is -0.117. The summed E-state index contributed by atoms with van der Waals surface area (Å²) in [6, 6.07) is 9.57. The maximum absolute atomic E-state index is 12.9. The number of carbonyl (C=O) groups is 2. The molecule has 0 radical (unpaired) electrons. The molecule has 2 aromatic heterocycles. The third-order valence-electron chi connectivity index (χ3n) is 6.12. The van der Waals surface area contributed by atoms with Crippen molar-refractivity contribution in [1.29, 1.82) is 0 Å². The van der Waals surface area contributed by atoms with Gasteiger partial charge in [-0.05, 0) is 23.8 Å². The molecule has 5 rings (SSSR count). The van der Waals surface area contributed by atoms with Gasteiger partial charge in [-0.2, -0.15) is 4.98 Å². The van der Waals surface area contributed by atoms with Crippen LogP contribution in [0.3, 0.4) is 0 Å². The first-order valence-electron chi connectivity index (χ1n) is 11.2. The lowest BCUT2D eigenvalue weighted by Gasteiger charge is -2.30. The van der Waals surface area contributed by atoms with Crippen LogP contribution in [0, 0.1) is 0 Å². The summed E-state index contributed by atoms with van der Waals surface area (Å²) in [7, 11) is 1.61. The Balaban J connectivity index is 1.29. The van der Waals surface area contributed by atoms with E-state index in [0.717, 1.165) is 43.2 Å². The normalized spacial score (nSPS) is 18.3. The number of hydrogen-bond acceptors (Lipinski definition) is 8. The van der Waals surface area contributed by atoms with Crippen molar-refractivity contribution in [2.75, 3.05) is 55.0 Å². The van der Waals surface area contributed by atoms with Gasteiger partial charge in [0.1, 0.15) is 5.75 Å². The van der Waals surface area contributed by atoms with Crippen LogP contribution in [-0.4, -0.2) is 71.8 Å². The third kappa shape index (κ3) is 4.42. The molecular weight excluding hydrogens is 436 g/mol. The van der Waals surface area contributed by atoms with E-state index in [-0.39, 0.29) is 23.6 Å². The molecule has 2 aliphatic heterocycles. The van der Waals surface area contributed by atoms with E-state index in [1.807, 2.05) is 30.3 Å². The number of carbonyl (C=O) groups excluding carboxylic acids is 2. The van der Waals surface area contributed by atoms with E-state index in [1.165, 1.54) is 4.90 Å². The molecule has 2 saturated heterocycles. The van der Waals surface area contributed by atoms with Crippen molar-refractivity contribution in [2.24, 2.45) is 0 Å². The molecule has 2 aliphatic rings. The van der Waals surface area contributed by atoms with Crippen molar-refractivity contribution in [1.82, 2.24) is 25.5 Å². The van der Waals surface area contributed by atoms with Crippen LogP contribution in [0.25, 0.3) is 0 Å². The number of rotatable bonds is 6. The predicted octanol–water partition coefficient (Wildman–Crippen LogP) is 1.39. The van der Waals surface area contributed by atoms with Crippen LogP contribution in [-0.2, 0) is 4.79 Å². The third-order valence-corrected chi connectivity index (χ3v) is 6.12. The molecule has 34 heavy (non-hydrogen) atoms. The minimum atomic E-state index is -0.445. The van der Waals surface area contributed by atoms with Gasteiger partial charge in [-0.15, -0.1) is 5.10 Å². The Morgan fingerprint density at radius 2 is 2.09 bits per heavy atom. The Labute approximate surface area is 196 Å². The highest BCUT2D eigenvalue weighted by atomic mass is 16.5. The van der Waals surface area contributed by atoms with Gasteiger partial charge in [0.05, 0.1) is 24.7 Å². The molecule has 2 fully saturated rings. The molecular formula is C23H26N8O3. The number of ether oxygens (including phenoxy) is 1. The summed E-state index contributed by atoms with van der Waals surface area (Å²) < 4.78 is 5.30. The highest BCUT2D eigenvalue weighted by Crippen LogP contribution is 2.32. The van der Waals surface area contributed by atoms with Crippen molar-refractivity contribution < 1.29 is 14.3 Å². The number of nitrogens with one attached hydrogen (secondary N) is 3. The first kappa shape index (κ1) is 21.8. The minimum Gasteiger partial charge on any atom is -0.497 e. The number of nitrogens with zero attached hydrogens (tertiary/aromatic N) is 5. The molecule has 3 N–H and O–H groups in total. The highest BCUT2D eigenvalue weighted by Gasteiger charge is 2.34. The lowest BCUT2D eigenvalue weighted by atomic mass is 9.98. The first-order valence-corrected chi connectivity index (χ1v) is 11.2. The van der Waals surface area contributed by atoms with E-state index >= 15 is 0 Å². The van der Waals surface area contributed by atoms with Crippen molar-refractivity contribution >= 4 is 29.1 Å². The van der Waals surface area contributed by atoms with Gasteiger partial charge in [0.2, 0.25) is 11.7 Å². The summed E-state index contributed by atoms with van der Waals surface area (Å²) in [4.78, 5) is 37.7. The van der Waals surface area contributed by atoms with E-state index in [0.29, 0.717) is 18.7 Å². The van der Waals surface area contributed by atoms with Crippen LogP contribution in [0.1, 0.15) is 28.5 Å². The second kappa shape index (κ2) is 9.48. The second-order valence-electron chi connectivity index (χ2n) is 8.25. The molecule has 0 spiro atoms. The van der Waals surface area contributed by atoms with Crippen molar-refractivity contribution in [3.8, 4) is 5.75 Å². The fourth-order valence-corrected chi connectivity index (χ4v) is 4.34. The fraction of sp³-hybridized carbons (Fsp3) is 0.348. The van der Waals surface area contributed by atoms with E-state index in [9.17, 15) is 9.59 Å². The smallest absolute Gasteiger partial charge is 0.293 e. The molecule has 11 nitrogen and oxygen atoms in total. The summed E-state index contributed by atoms with van der Waals surface area (Å²) in [5, 5.41) is 13.0. The molecule has 0 saturated carbocycles. The summed E-state index contributed by atoms with van der Waals surface area (Å²) in [5.74, 6) is 0.425. The molecule has 1 atom stereocenters. The van der Waals surface area contributed by atoms with Gasteiger partial charge in [0.15, 0.2) is 0 Å². The number of piperazine rings is 1. The van der Waals surface area contributed by atoms with Crippen LogP contribution in [0.5, 0.6) is 5.75 Å². The predicted molar refractivity (Wildman–Crippen MR) is 126 cm³/mol.